The summed E-state index contributed by atoms with van der Waals surface area (Å²) < 4.78 is 18.5. The van der Waals surface area contributed by atoms with Crippen LogP contribution in [0.3, 0.4) is 0 Å². The Morgan fingerprint density at radius 1 is 1.47 bits per heavy atom. The second-order valence-electron chi connectivity index (χ2n) is 3.89. The zero-order valence-electron chi connectivity index (χ0n) is 10.5. The van der Waals surface area contributed by atoms with Crippen LogP contribution in [0.2, 0.25) is 0 Å². The third-order valence-electron chi connectivity index (χ3n) is 2.34. The topological polar surface area (TPSA) is 52.6 Å². The molecule has 0 bridgehead atoms. The number of carbonyl (C=O) groups is 1. The fourth-order valence-corrected chi connectivity index (χ4v) is 2.70. The Hall–Kier alpha value is -1.20. The highest BCUT2D eigenvalue weighted by molar-refractivity contribution is 7.92. The fourth-order valence-electron chi connectivity index (χ4n) is 1.69. The van der Waals surface area contributed by atoms with Gasteiger partial charge in [0, 0.05) is 0 Å². The molecule has 1 rings (SSSR count). The maximum Gasteiger partial charge on any atom is 0.153 e. The number of hydrogen-bond donors (Lipinski definition) is 0. The monoisotopic (exact) mass is 255 g/mol. The van der Waals surface area contributed by atoms with Crippen LogP contribution < -0.4 is 9.04 Å². The Morgan fingerprint density at radius 3 is 2.53 bits per heavy atom. The van der Waals surface area contributed by atoms with Crippen LogP contribution in [0.25, 0.3) is 0 Å². The van der Waals surface area contributed by atoms with Crippen LogP contribution in [0.4, 0.5) is 5.69 Å². The number of benzene rings is 1. The molecule has 0 aliphatic rings. The molecule has 1 unspecified atom stereocenters. The van der Waals surface area contributed by atoms with Crippen LogP contribution >= 0.6 is 0 Å². The summed E-state index contributed by atoms with van der Waals surface area (Å²) in [6.07, 6.45) is 2.35. The summed E-state index contributed by atoms with van der Waals surface area (Å²) in [7, 11) is 1.51. The van der Waals surface area contributed by atoms with Crippen molar-refractivity contribution >= 4 is 23.3 Å². The van der Waals surface area contributed by atoms with E-state index in [4.69, 9.17) is 4.74 Å². The lowest BCUT2D eigenvalue weighted by Crippen LogP contribution is -2.36. The molecule has 0 spiro atoms. The van der Waals surface area contributed by atoms with Gasteiger partial charge in [0.2, 0.25) is 0 Å². The van der Waals surface area contributed by atoms with Gasteiger partial charge in [-0.15, -0.1) is 0 Å². The number of nitrogens with zero attached hydrogens (tertiary/aromatic N) is 1. The van der Waals surface area contributed by atoms with Crippen LogP contribution in [0.1, 0.15) is 24.2 Å². The van der Waals surface area contributed by atoms with Gasteiger partial charge in [0.15, 0.2) is 6.29 Å². The first-order valence-electron chi connectivity index (χ1n) is 5.27. The van der Waals surface area contributed by atoms with Crippen molar-refractivity contribution in [2.24, 2.45) is 0 Å². The first kappa shape index (κ1) is 13.9. The van der Waals surface area contributed by atoms with E-state index in [2.05, 4.69) is 0 Å². The lowest BCUT2D eigenvalue weighted by molar-refractivity contribution is 0.112. The molecule has 0 fully saturated rings. The lowest BCUT2D eigenvalue weighted by Gasteiger charge is -2.27. The highest BCUT2D eigenvalue weighted by Gasteiger charge is 2.20. The largest absolute Gasteiger partial charge is 0.593 e. The molecule has 0 amide bonds. The third kappa shape index (κ3) is 3.14. The molecule has 1 atom stereocenters. The number of hydrogen-bond acceptors (Lipinski definition) is 4. The number of carbonyl (C=O) groups excluding carboxylic acids is 1. The molecule has 0 aliphatic carbocycles. The van der Waals surface area contributed by atoms with Crippen molar-refractivity contribution in [2.75, 3.05) is 17.7 Å². The van der Waals surface area contributed by atoms with Gasteiger partial charge in [-0.3, -0.25) is 4.79 Å². The smallest absolute Gasteiger partial charge is 0.153 e. The molecule has 0 saturated carbocycles. The van der Waals surface area contributed by atoms with Crippen LogP contribution in [-0.4, -0.2) is 30.2 Å². The quantitative estimate of drug-likeness (QED) is 0.596. The standard InChI is InChI=1S/C12H17NO3S/c1-9(2)13(17(4)15)11-5-6-12(16-3)10(7-11)8-14/h5-9H,1-4H3. The van der Waals surface area contributed by atoms with Gasteiger partial charge in [-0.2, -0.15) is 4.31 Å². The van der Waals surface area contributed by atoms with E-state index in [1.54, 1.807) is 28.8 Å². The Kier molecular flexibility index (Phi) is 4.84. The van der Waals surface area contributed by atoms with Crippen LogP contribution in [-0.2, 0) is 11.4 Å². The molecule has 0 heterocycles. The van der Waals surface area contributed by atoms with E-state index in [0.717, 1.165) is 12.0 Å². The van der Waals surface area contributed by atoms with E-state index in [9.17, 15) is 9.35 Å². The Labute approximate surface area is 105 Å². The molecule has 5 heteroatoms. The van der Waals surface area contributed by atoms with Gasteiger partial charge in [-0.25, -0.2) is 0 Å². The van der Waals surface area contributed by atoms with Crippen LogP contribution in [0.5, 0.6) is 5.75 Å². The predicted molar refractivity (Wildman–Crippen MR) is 70.1 cm³/mol. The van der Waals surface area contributed by atoms with Crippen molar-refractivity contribution in [3.05, 3.63) is 23.8 Å². The summed E-state index contributed by atoms with van der Waals surface area (Å²) in [5.74, 6) is 0.523. The minimum Gasteiger partial charge on any atom is -0.593 e. The SMILES string of the molecule is COc1ccc(N(C(C)C)[S+](C)[O-])cc1C=O. The maximum absolute atomic E-state index is 11.7. The number of anilines is 1. The van der Waals surface area contributed by atoms with Crippen LogP contribution in [0, 0.1) is 0 Å². The second-order valence-corrected chi connectivity index (χ2v) is 5.13. The summed E-state index contributed by atoms with van der Waals surface area (Å²) in [5.41, 5.74) is 1.21. The highest BCUT2D eigenvalue weighted by atomic mass is 32.2. The van der Waals surface area contributed by atoms with Crippen molar-refractivity contribution in [2.45, 2.75) is 19.9 Å². The van der Waals surface area contributed by atoms with Crippen LogP contribution in [0.15, 0.2) is 18.2 Å². The Morgan fingerprint density at radius 2 is 2.12 bits per heavy atom. The van der Waals surface area contributed by atoms with Gasteiger partial charge < -0.3 is 9.29 Å². The van der Waals surface area contributed by atoms with Gasteiger partial charge in [-0.1, -0.05) is 0 Å². The maximum atomic E-state index is 11.7. The van der Waals surface area contributed by atoms with Gasteiger partial charge in [0.05, 0.1) is 35.8 Å². The number of ether oxygens (including phenoxy) is 1. The Balaban J connectivity index is 3.17. The van der Waals surface area contributed by atoms with E-state index in [0.29, 0.717) is 11.3 Å². The minimum atomic E-state index is -1.13. The molecule has 4 nitrogen and oxygen atoms in total. The fraction of sp³-hybridized carbons (Fsp3) is 0.417. The molecule has 0 aliphatic heterocycles. The molecule has 94 valence electrons. The van der Waals surface area contributed by atoms with Crippen molar-refractivity contribution in [1.82, 2.24) is 0 Å². The molecule has 1 aromatic rings. The van der Waals surface area contributed by atoms with E-state index >= 15 is 0 Å². The summed E-state index contributed by atoms with van der Waals surface area (Å²) in [4.78, 5) is 10.9. The van der Waals surface area contributed by atoms with E-state index in [1.165, 1.54) is 7.11 Å². The Bertz CT molecular complexity index is 385. The van der Waals surface area contributed by atoms with E-state index < -0.39 is 11.4 Å². The summed E-state index contributed by atoms with van der Waals surface area (Å²) in [5, 5.41) is 0. The van der Waals surface area contributed by atoms with Gasteiger partial charge >= 0.3 is 0 Å². The summed E-state index contributed by atoms with van der Waals surface area (Å²) in [6.45, 7) is 3.90. The van der Waals surface area contributed by atoms with E-state index in [-0.39, 0.29) is 6.04 Å². The number of aldehydes is 1. The van der Waals surface area contributed by atoms with Gasteiger partial charge in [0.1, 0.15) is 12.0 Å². The number of methoxy groups -OCH3 is 1. The summed E-state index contributed by atoms with van der Waals surface area (Å²) >= 11 is -1.13. The molecule has 0 radical (unpaired) electrons. The van der Waals surface area contributed by atoms with Gasteiger partial charge in [-0.05, 0) is 32.0 Å². The van der Waals surface area contributed by atoms with Gasteiger partial charge in [0.25, 0.3) is 0 Å². The molecular formula is C12H17NO3S. The van der Waals surface area contributed by atoms with Crippen molar-refractivity contribution in [3.63, 3.8) is 0 Å². The summed E-state index contributed by atoms with van der Waals surface area (Å²) in [6, 6.07) is 5.29. The molecule has 17 heavy (non-hydrogen) atoms. The lowest BCUT2D eigenvalue weighted by atomic mass is 10.2. The first-order valence-corrected chi connectivity index (χ1v) is 6.78. The predicted octanol–water partition coefficient (Wildman–Crippen LogP) is 2.02. The average Bonchev–Trinajstić information content (AvgIpc) is 2.27. The zero-order chi connectivity index (χ0) is 13.0. The minimum absolute atomic E-state index is 0.0914. The first-order chi connectivity index (χ1) is 8.01. The zero-order valence-corrected chi connectivity index (χ0v) is 11.3. The molecular weight excluding hydrogens is 238 g/mol. The average molecular weight is 255 g/mol. The molecule has 0 saturated heterocycles. The molecule has 0 aromatic heterocycles. The third-order valence-corrected chi connectivity index (χ3v) is 3.53. The number of rotatable bonds is 5. The highest BCUT2D eigenvalue weighted by Crippen LogP contribution is 2.26. The van der Waals surface area contributed by atoms with Crippen molar-refractivity contribution < 1.29 is 14.1 Å². The molecule has 1 aromatic carbocycles. The second kappa shape index (κ2) is 5.93. The molecule has 0 N–H and O–H groups in total. The van der Waals surface area contributed by atoms with E-state index in [1.807, 2.05) is 13.8 Å². The van der Waals surface area contributed by atoms with Crippen molar-refractivity contribution in [1.29, 1.82) is 0 Å². The normalized spacial score (nSPS) is 12.4. The van der Waals surface area contributed by atoms with Crippen molar-refractivity contribution in [3.8, 4) is 5.75 Å².